The molecule has 1 aromatic heterocycles. The molecule has 27 heavy (non-hydrogen) atoms. The third-order valence-corrected chi connectivity index (χ3v) is 5.22. The summed E-state index contributed by atoms with van der Waals surface area (Å²) in [6.07, 6.45) is 3.35. The average Bonchev–Trinajstić information content (AvgIpc) is 2.82. The number of aromatic nitrogens is 1. The van der Waals surface area contributed by atoms with Gasteiger partial charge >= 0.3 is 0 Å². The van der Waals surface area contributed by atoms with Gasteiger partial charge in [0.1, 0.15) is 5.82 Å². The molecule has 1 aliphatic heterocycles. The summed E-state index contributed by atoms with van der Waals surface area (Å²) >= 11 is 1.29. The highest BCUT2D eigenvalue weighted by Crippen LogP contribution is 2.39. The summed E-state index contributed by atoms with van der Waals surface area (Å²) < 4.78 is 14.1. The van der Waals surface area contributed by atoms with E-state index in [-0.39, 0.29) is 11.5 Å². The van der Waals surface area contributed by atoms with Crippen LogP contribution in [0.5, 0.6) is 0 Å². The van der Waals surface area contributed by atoms with Crippen LogP contribution in [0.15, 0.2) is 70.7 Å². The van der Waals surface area contributed by atoms with E-state index in [1.165, 1.54) is 17.8 Å². The Hall–Kier alpha value is -3.19. The zero-order valence-electron chi connectivity index (χ0n) is 14.0. The number of hydrogen-bond acceptors (Lipinski definition) is 4. The molecular formula is C20H14FN3O2S. The van der Waals surface area contributed by atoms with Crippen LogP contribution in [0.1, 0.15) is 26.3 Å². The molecular weight excluding hydrogens is 365 g/mol. The maximum absolute atomic E-state index is 14.1. The first-order valence-electron chi connectivity index (χ1n) is 8.21. The summed E-state index contributed by atoms with van der Waals surface area (Å²) in [7, 11) is 0. The van der Waals surface area contributed by atoms with Crippen molar-refractivity contribution in [2.45, 2.75) is 16.3 Å². The molecule has 0 saturated carbocycles. The number of carbonyl (C=O) groups is 2. The largest absolute Gasteiger partial charge is 0.348 e. The van der Waals surface area contributed by atoms with E-state index < -0.39 is 11.7 Å². The summed E-state index contributed by atoms with van der Waals surface area (Å²) in [4.78, 5) is 30.1. The van der Waals surface area contributed by atoms with E-state index in [0.717, 1.165) is 10.5 Å². The van der Waals surface area contributed by atoms with Crippen molar-refractivity contribution in [3.63, 3.8) is 0 Å². The molecule has 134 valence electrons. The average molecular weight is 379 g/mol. The molecule has 0 saturated heterocycles. The van der Waals surface area contributed by atoms with Crippen molar-refractivity contribution in [2.24, 2.45) is 0 Å². The maximum Gasteiger partial charge on any atom is 0.259 e. The zero-order valence-corrected chi connectivity index (χ0v) is 14.8. The smallest absolute Gasteiger partial charge is 0.259 e. The number of nitrogens with one attached hydrogen (secondary N) is 2. The van der Waals surface area contributed by atoms with Gasteiger partial charge in [-0.1, -0.05) is 23.9 Å². The molecule has 2 N–H and O–H groups in total. The summed E-state index contributed by atoms with van der Waals surface area (Å²) in [6, 6.07) is 13.2. The number of carbonyl (C=O) groups excluding carboxylic acids is 2. The van der Waals surface area contributed by atoms with Crippen LogP contribution in [-0.4, -0.2) is 16.8 Å². The Balaban J connectivity index is 1.57. The Morgan fingerprint density at radius 2 is 2.04 bits per heavy atom. The summed E-state index contributed by atoms with van der Waals surface area (Å²) in [5.41, 5.74) is 1.79. The fraction of sp³-hybridized carbons (Fsp3) is 0.0500. The van der Waals surface area contributed by atoms with Gasteiger partial charge in [-0.05, 0) is 42.0 Å². The molecule has 3 aromatic rings. The number of anilines is 1. The molecule has 1 aliphatic rings. The van der Waals surface area contributed by atoms with Crippen LogP contribution >= 0.6 is 11.8 Å². The monoisotopic (exact) mass is 379 g/mol. The fourth-order valence-corrected chi connectivity index (χ4v) is 3.79. The standard InChI is InChI=1S/C20H14FN3O2S/c21-14-4-1-5-17-18(14)20(26)24-15-9-13(6-7-16(15)27-17)19(25)23-11-12-3-2-8-22-10-12/h1-10H,11H2,(H,23,25)(H,24,26). The second-order valence-electron chi connectivity index (χ2n) is 5.92. The first-order chi connectivity index (χ1) is 13.1. The van der Waals surface area contributed by atoms with Crippen molar-refractivity contribution in [3.8, 4) is 0 Å². The van der Waals surface area contributed by atoms with Gasteiger partial charge in [0, 0.05) is 34.3 Å². The van der Waals surface area contributed by atoms with E-state index in [2.05, 4.69) is 15.6 Å². The third kappa shape index (κ3) is 3.54. The highest BCUT2D eigenvalue weighted by molar-refractivity contribution is 7.99. The lowest BCUT2D eigenvalue weighted by Gasteiger charge is -2.09. The fourth-order valence-electron chi connectivity index (χ4n) is 2.76. The van der Waals surface area contributed by atoms with Crippen LogP contribution in [0, 0.1) is 5.82 Å². The van der Waals surface area contributed by atoms with E-state index in [9.17, 15) is 14.0 Å². The topological polar surface area (TPSA) is 71.1 Å². The maximum atomic E-state index is 14.1. The van der Waals surface area contributed by atoms with Crippen LogP contribution in [0.3, 0.4) is 0 Å². The molecule has 0 atom stereocenters. The molecule has 5 nitrogen and oxygen atoms in total. The molecule has 0 aliphatic carbocycles. The predicted octanol–water partition coefficient (Wildman–Crippen LogP) is 3.87. The molecule has 2 amide bonds. The SMILES string of the molecule is O=C(NCc1cccnc1)c1ccc2c(c1)NC(=O)c1c(F)cccc1S2. The first-order valence-corrected chi connectivity index (χ1v) is 9.02. The van der Waals surface area contributed by atoms with E-state index in [4.69, 9.17) is 0 Å². The molecule has 7 heteroatoms. The van der Waals surface area contributed by atoms with Crippen LogP contribution in [0.25, 0.3) is 0 Å². The zero-order chi connectivity index (χ0) is 18.8. The van der Waals surface area contributed by atoms with Crippen molar-refractivity contribution >= 4 is 29.3 Å². The normalized spacial score (nSPS) is 12.4. The third-order valence-electron chi connectivity index (χ3n) is 4.09. The van der Waals surface area contributed by atoms with Gasteiger partial charge in [-0.25, -0.2) is 4.39 Å². The number of halogens is 1. The Morgan fingerprint density at radius 1 is 1.15 bits per heavy atom. The number of hydrogen-bond donors (Lipinski definition) is 2. The predicted molar refractivity (Wildman–Crippen MR) is 100 cm³/mol. The van der Waals surface area contributed by atoms with Crippen molar-refractivity contribution in [2.75, 3.05) is 5.32 Å². The molecule has 4 rings (SSSR count). The van der Waals surface area contributed by atoms with Crippen LogP contribution in [0.2, 0.25) is 0 Å². The number of benzene rings is 2. The molecule has 0 radical (unpaired) electrons. The van der Waals surface area contributed by atoms with Crippen molar-refractivity contribution in [1.29, 1.82) is 0 Å². The molecule has 0 spiro atoms. The lowest BCUT2D eigenvalue weighted by atomic mass is 10.1. The van der Waals surface area contributed by atoms with E-state index >= 15 is 0 Å². The second kappa shape index (κ2) is 7.20. The Morgan fingerprint density at radius 3 is 2.85 bits per heavy atom. The number of fused-ring (bicyclic) bond motifs is 2. The van der Waals surface area contributed by atoms with Crippen molar-refractivity contribution < 1.29 is 14.0 Å². The van der Waals surface area contributed by atoms with Gasteiger partial charge < -0.3 is 10.6 Å². The van der Waals surface area contributed by atoms with Crippen LogP contribution in [0.4, 0.5) is 10.1 Å². The van der Waals surface area contributed by atoms with Gasteiger partial charge in [-0.3, -0.25) is 14.6 Å². The number of nitrogens with zero attached hydrogens (tertiary/aromatic N) is 1. The van der Waals surface area contributed by atoms with E-state index in [1.54, 1.807) is 48.8 Å². The highest BCUT2D eigenvalue weighted by Gasteiger charge is 2.23. The highest BCUT2D eigenvalue weighted by atomic mass is 32.2. The number of amides is 2. The van der Waals surface area contributed by atoms with Gasteiger partial charge in [0.25, 0.3) is 11.8 Å². The first kappa shape index (κ1) is 17.2. The summed E-state index contributed by atoms with van der Waals surface area (Å²) in [5, 5.41) is 5.52. The minimum Gasteiger partial charge on any atom is -0.348 e. The van der Waals surface area contributed by atoms with Crippen molar-refractivity contribution in [1.82, 2.24) is 10.3 Å². The van der Waals surface area contributed by atoms with E-state index in [0.29, 0.717) is 22.7 Å². The Labute approximate surface area is 159 Å². The van der Waals surface area contributed by atoms with Crippen molar-refractivity contribution in [3.05, 3.63) is 83.4 Å². The quantitative estimate of drug-likeness (QED) is 0.725. The van der Waals surface area contributed by atoms with Gasteiger partial charge in [0.2, 0.25) is 0 Å². The lowest BCUT2D eigenvalue weighted by Crippen LogP contribution is -2.23. The van der Waals surface area contributed by atoms with E-state index in [1.807, 2.05) is 6.07 Å². The molecule has 2 heterocycles. The van der Waals surface area contributed by atoms with Gasteiger partial charge in [-0.15, -0.1) is 0 Å². The number of pyridine rings is 1. The minimum absolute atomic E-state index is 0.0151. The second-order valence-corrected chi connectivity index (χ2v) is 7.01. The molecule has 0 bridgehead atoms. The number of rotatable bonds is 3. The minimum atomic E-state index is -0.570. The Kier molecular flexibility index (Phi) is 4.60. The van der Waals surface area contributed by atoms with Crippen LogP contribution in [-0.2, 0) is 6.54 Å². The summed E-state index contributed by atoms with van der Waals surface area (Å²) in [5.74, 6) is -1.36. The van der Waals surface area contributed by atoms with Gasteiger partial charge in [0.05, 0.1) is 11.3 Å². The van der Waals surface area contributed by atoms with Crippen LogP contribution < -0.4 is 10.6 Å². The lowest BCUT2D eigenvalue weighted by molar-refractivity contribution is 0.0949. The van der Waals surface area contributed by atoms with Gasteiger partial charge in [-0.2, -0.15) is 0 Å². The molecule has 0 fully saturated rings. The van der Waals surface area contributed by atoms with Gasteiger partial charge in [0.15, 0.2) is 0 Å². The molecule has 2 aromatic carbocycles. The summed E-state index contributed by atoms with van der Waals surface area (Å²) in [6.45, 7) is 0.349. The molecule has 0 unspecified atom stereocenters. The Bertz CT molecular complexity index is 1040.